The van der Waals surface area contributed by atoms with Gasteiger partial charge in [-0.25, -0.2) is 13.4 Å². The third kappa shape index (κ3) is 2.11. The molecule has 16 heavy (non-hydrogen) atoms. The first-order valence-corrected chi connectivity index (χ1v) is 6.38. The fourth-order valence-electron chi connectivity index (χ4n) is 1.28. The lowest BCUT2D eigenvalue weighted by atomic mass is 10.1. The lowest BCUT2D eigenvalue weighted by molar-refractivity contribution is -0.345. The van der Waals surface area contributed by atoms with Crippen LogP contribution in [0.4, 0.5) is 0 Å². The minimum absolute atomic E-state index is 0.0530. The molecular weight excluding hydrogens is 234 g/mol. The second-order valence-corrected chi connectivity index (χ2v) is 6.21. The Kier molecular flexibility index (Phi) is 3.13. The van der Waals surface area contributed by atoms with Crippen LogP contribution in [0.15, 0.2) is 9.98 Å². The van der Waals surface area contributed by atoms with Crippen molar-refractivity contribution in [1.82, 2.24) is 0 Å². The van der Waals surface area contributed by atoms with Crippen LogP contribution in [-0.4, -0.2) is 42.1 Å². The van der Waals surface area contributed by atoms with Gasteiger partial charge in [-0.3, -0.25) is 0 Å². The van der Waals surface area contributed by atoms with Crippen LogP contribution >= 0.6 is 0 Å². The SMILES string of the molecule is CCS(=O)(=O)C(C)C1(C)N=[C]C([N+](=O)[O-])=N1. The average Bonchev–Trinajstić information content (AvgIpc) is 2.61. The van der Waals surface area contributed by atoms with Gasteiger partial charge >= 0.3 is 5.84 Å². The average molecular weight is 246 g/mol. The Balaban J connectivity index is 3.09. The van der Waals surface area contributed by atoms with Gasteiger partial charge in [0.05, 0.1) is 0 Å². The van der Waals surface area contributed by atoms with Crippen molar-refractivity contribution in [2.24, 2.45) is 9.98 Å². The standard InChI is InChI=1S/C8H12N3O4S/c1-4-16(14,15)6(2)8(3)9-5-7(10-8)11(12)13/h6H,4H2,1-3H3. The van der Waals surface area contributed by atoms with Gasteiger partial charge in [-0.1, -0.05) is 6.92 Å². The summed E-state index contributed by atoms with van der Waals surface area (Å²) >= 11 is 0. The minimum atomic E-state index is -3.35. The van der Waals surface area contributed by atoms with Crippen molar-refractivity contribution in [2.75, 3.05) is 5.75 Å². The van der Waals surface area contributed by atoms with Gasteiger partial charge in [-0.15, -0.1) is 0 Å². The Bertz CT molecular complexity index is 468. The summed E-state index contributed by atoms with van der Waals surface area (Å²) in [6, 6.07) is 0. The molecule has 8 heteroatoms. The highest BCUT2D eigenvalue weighted by Gasteiger charge is 2.47. The van der Waals surface area contributed by atoms with Crippen LogP contribution < -0.4 is 0 Å². The summed E-state index contributed by atoms with van der Waals surface area (Å²) in [4.78, 5) is 17.1. The van der Waals surface area contributed by atoms with Crippen molar-refractivity contribution >= 4 is 21.9 Å². The fraction of sp³-hybridized carbons (Fsp3) is 0.750. The molecule has 1 radical (unpaired) electrons. The Labute approximate surface area is 93.4 Å². The second-order valence-electron chi connectivity index (χ2n) is 3.60. The molecule has 89 valence electrons. The summed E-state index contributed by atoms with van der Waals surface area (Å²) < 4.78 is 23.3. The van der Waals surface area contributed by atoms with Crippen molar-refractivity contribution in [3.63, 3.8) is 0 Å². The molecule has 0 bridgehead atoms. The number of rotatable bonds is 3. The van der Waals surface area contributed by atoms with Crippen LogP contribution in [0.1, 0.15) is 20.8 Å². The van der Waals surface area contributed by atoms with Gasteiger partial charge in [-0.05, 0) is 16.8 Å². The highest BCUT2D eigenvalue weighted by atomic mass is 32.2. The van der Waals surface area contributed by atoms with Crippen LogP contribution in [0.25, 0.3) is 0 Å². The number of amidine groups is 1. The lowest BCUT2D eigenvalue weighted by Crippen LogP contribution is -2.39. The molecule has 2 atom stereocenters. The molecule has 0 N–H and O–H groups in total. The van der Waals surface area contributed by atoms with E-state index >= 15 is 0 Å². The Morgan fingerprint density at radius 2 is 2.19 bits per heavy atom. The quantitative estimate of drug-likeness (QED) is 0.522. The van der Waals surface area contributed by atoms with Gasteiger partial charge in [0, 0.05) is 12.7 Å². The van der Waals surface area contributed by atoms with Gasteiger partial charge in [-0.2, -0.15) is 0 Å². The summed E-state index contributed by atoms with van der Waals surface area (Å²) in [5.74, 6) is -0.580. The van der Waals surface area contributed by atoms with Gasteiger partial charge < -0.3 is 10.1 Å². The monoisotopic (exact) mass is 246 g/mol. The molecule has 0 aromatic heterocycles. The molecule has 1 aliphatic rings. The third-order valence-electron chi connectivity index (χ3n) is 2.60. The third-order valence-corrected chi connectivity index (χ3v) is 4.93. The van der Waals surface area contributed by atoms with Crippen LogP contribution in [0.3, 0.4) is 0 Å². The first kappa shape index (κ1) is 12.8. The summed E-state index contributed by atoms with van der Waals surface area (Å²) in [6.07, 6.45) is 2.14. The first-order chi connectivity index (χ1) is 7.23. The van der Waals surface area contributed by atoms with E-state index in [9.17, 15) is 18.5 Å². The van der Waals surface area contributed by atoms with Crippen molar-refractivity contribution < 1.29 is 13.3 Å². The van der Waals surface area contributed by atoms with Crippen LogP contribution in [0, 0.1) is 10.1 Å². The molecule has 0 spiro atoms. The van der Waals surface area contributed by atoms with E-state index in [0.29, 0.717) is 0 Å². The normalized spacial score (nSPS) is 26.6. The first-order valence-electron chi connectivity index (χ1n) is 4.66. The largest absolute Gasteiger partial charge is 0.389 e. The molecule has 0 saturated heterocycles. The highest BCUT2D eigenvalue weighted by Crippen LogP contribution is 2.26. The Morgan fingerprint density at radius 1 is 1.62 bits per heavy atom. The van der Waals surface area contributed by atoms with E-state index in [1.807, 2.05) is 0 Å². The maximum atomic E-state index is 11.6. The van der Waals surface area contributed by atoms with E-state index in [-0.39, 0.29) is 5.75 Å². The molecule has 2 unspecified atom stereocenters. The summed E-state index contributed by atoms with van der Waals surface area (Å²) in [7, 11) is -3.35. The molecule has 1 aliphatic heterocycles. The molecule has 1 rings (SSSR count). The van der Waals surface area contributed by atoms with Crippen molar-refractivity contribution in [3.05, 3.63) is 10.1 Å². The minimum Gasteiger partial charge on any atom is -0.358 e. The number of sulfone groups is 1. The molecule has 0 aromatic carbocycles. The summed E-state index contributed by atoms with van der Waals surface area (Å²) in [5, 5.41) is 9.53. The Morgan fingerprint density at radius 3 is 2.56 bits per heavy atom. The highest BCUT2D eigenvalue weighted by molar-refractivity contribution is 7.92. The van der Waals surface area contributed by atoms with E-state index < -0.39 is 31.5 Å². The maximum absolute atomic E-state index is 11.6. The lowest BCUT2D eigenvalue weighted by Gasteiger charge is -2.19. The molecule has 0 fully saturated rings. The molecule has 1 heterocycles. The molecule has 7 nitrogen and oxygen atoms in total. The Hall–Kier alpha value is -1.31. The van der Waals surface area contributed by atoms with E-state index in [1.165, 1.54) is 20.8 Å². The number of aliphatic imine (C=N–C) groups is 2. The van der Waals surface area contributed by atoms with E-state index in [1.54, 1.807) is 0 Å². The maximum Gasteiger partial charge on any atom is 0.389 e. The zero-order chi connectivity index (χ0) is 12.6. The van der Waals surface area contributed by atoms with Crippen LogP contribution in [0.2, 0.25) is 0 Å². The number of hydrogen-bond acceptors (Lipinski definition) is 6. The predicted molar refractivity (Wildman–Crippen MR) is 59.2 cm³/mol. The molecule has 0 aromatic rings. The molecule has 0 saturated carbocycles. The molecule has 0 amide bonds. The van der Waals surface area contributed by atoms with E-state index in [0.717, 1.165) is 0 Å². The van der Waals surface area contributed by atoms with Crippen LogP contribution in [0.5, 0.6) is 0 Å². The summed E-state index contributed by atoms with van der Waals surface area (Å²) in [5.41, 5.74) is -1.34. The molecule has 0 aliphatic carbocycles. The van der Waals surface area contributed by atoms with Gasteiger partial charge in [0.15, 0.2) is 16.1 Å². The van der Waals surface area contributed by atoms with Crippen molar-refractivity contribution in [2.45, 2.75) is 31.7 Å². The summed E-state index contributed by atoms with van der Waals surface area (Å²) in [6.45, 7) is 4.39. The van der Waals surface area contributed by atoms with Gasteiger partial charge in [0.1, 0.15) is 5.25 Å². The van der Waals surface area contributed by atoms with Gasteiger partial charge in [0.2, 0.25) is 0 Å². The predicted octanol–water partition coefficient (Wildman–Crippen LogP) is 0.162. The fourth-order valence-corrected chi connectivity index (χ4v) is 2.57. The van der Waals surface area contributed by atoms with E-state index in [4.69, 9.17) is 0 Å². The second kappa shape index (κ2) is 3.93. The van der Waals surface area contributed by atoms with Crippen LogP contribution in [-0.2, 0) is 9.84 Å². The number of nitrogens with zero attached hydrogens (tertiary/aromatic N) is 3. The number of hydrogen-bond donors (Lipinski definition) is 0. The van der Waals surface area contributed by atoms with Crippen molar-refractivity contribution in [1.29, 1.82) is 0 Å². The van der Waals surface area contributed by atoms with Crippen molar-refractivity contribution in [3.8, 4) is 0 Å². The van der Waals surface area contributed by atoms with Gasteiger partial charge in [0.25, 0.3) is 5.66 Å². The van der Waals surface area contributed by atoms with E-state index in [2.05, 4.69) is 16.2 Å². The smallest absolute Gasteiger partial charge is 0.358 e. The zero-order valence-electron chi connectivity index (χ0n) is 9.17. The topological polar surface area (TPSA) is 102 Å². The number of nitro groups is 1. The zero-order valence-corrected chi connectivity index (χ0v) is 9.98. The molecular formula is C8H12N3O4S.